The van der Waals surface area contributed by atoms with Gasteiger partial charge in [-0.15, -0.1) is 0 Å². The van der Waals surface area contributed by atoms with E-state index in [1.54, 1.807) is 0 Å². The second-order valence-electron chi connectivity index (χ2n) is 8.83. The van der Waals surface area contributed by atoms with Crippen LogP contribution in [0.5, 0.6) is 0 Å². The smallest absolute Gasteiger partial charge is 0.158 e. The van der Waals surface area contributed by atoms with Crippen LogP contribution in [0.25, 0.3) is 11.3 Å². The van der Waals surface area contributed by atoms with Crippen LogP contribution in [0.2, 0.25) is 0 Å². The number of aromatic nitrogens is 1. The van der Waals surface area contributed by atoms with Crippen molar-refractivity contribution in [3.05, 3.63) is 89.6 Å². The van der Waals surface area contributed by atoms with Gasteiger partial charge in [-0.05, 0) is 74.4 Å². The average molecular weight is 438 g/mol. The molecule has 0 saturated carbocycles. The molecule has 2 aliphatic heterocycles. The summed E-state index contributed by atoms with van der Waals surface area (Å²) >= 11 is 0. The molecular formula is C28H31N5. The molecule has 0 amide bonds. The summed E-state index contributed by atoms with van der Waals surface area (Å²) in [6.45, 7) is 8.32. The third-order valence-electron chi connectivity index (χ3n) is 6.31. The van der Waals surface area contributed by atoms with Gasteiger partial charge in [0.2, 0.25) is 0 Å². The maximum atomic E-state index is 5.08. The molecule has 0 saturated heterocycles. The SMILES string of the molecule is C=C(NC1=CC(C2=CN=CCC2)=CCC1)N1CCCNc2ccc(-c3cccc(C)c3)nc21. The van der Waals surface area contributed by atoms with Crippen LogP contribution < -0.4 is 15.5 Å². The van der Waals surface area contributed by atoms with E-state index in [2.05, 4.69) is 82.6 Å². The first-order valence-corrected chi connectivity index (χ1v) is 11.8. The molecule has 0 fully saturated rings. The van der Waals surface area contributed by atoms with Crippen LogP contribution in [0.15, 0.2) is 89.0 Å². The van der Waals surface area contributed by atoms with E-state index in [-0.39, 0.29) is 0 Å². The first kappa shape index (κ1) is 21.3. The summed E-state index contributed by atoms with van der Waals surface area (Å²) < 4.78 is 0. The summed E-state index contributed by atoms with van der Waals surface area (Å²) in [6.07, 6.45) is 13.7. The summed E-state index contributed by atoms with van der Waals surface area (Å²) in [7, 11) is 0. The summed E-state index contributed by atoms with van der Waals surface area (Å²) in [6, 6.07) is 12.7. The van der Waals surface area contributed by atoms with Crippen LogP contribution in [-0.4, -0.2) is 24.3 Å². The van der Waals surface area contributed by atoms with Gasteiger partial charge in [-0.25, -0.2) is 4.98 Å². The predicted molar refractivity (Wildman–Crippen MR) is 138 cm³/mol. The van der Waals surface area contributed by atoms with Gasteiger partial charge in [0.15, 0.2) is 5.82 Å². The van der Waals surface area contributed by atoms with Crippen molar-refractivity contribution in [2.75, 3.05) is 23.3 Å². The first-order chi connectivity index (χ1) is 16.2. The van der Waals surface area contributed by atoms with Crippen molar-refractivity contribution in [3.63, 3.8) is 0 Å². The second-order valence-corrected chi connectivity index (χ2v) is 8.83. The lowest BCUT2D eigenvalue weighted by Crippen LogP contribution is -2.32. The Morgan fingerprint density at radius 3 is 2.94 bits per heavy atom. The number of pyridine rings is 1. The maximum absolute atomic E-state index is 5.08. The molecule has 0 bridgehead atoms. The molecule has 2 N–H and O–H groups in total. The van der Waals surface area contributed by atoms with E-state index in [4.69, 9.17) is 4.98 Å². The number of rotatable bonds is 5. The molecule has 3 heterocycles. The maximum Gasteiger partial charge on any atom is 0.158 e. The molecule has 33 heavy (non-hydrogen) atoms. The number of aliphatic imine (C=N–C) groups is 1. The standard InChI is InChI=1S/C28H31N5/c1-20-7-3-9-23(17-20)26-12-13-27-28(32-26)33(16-6-15-30-27)21(2)31-25-11-4-8-22(18-25)24-10-5-14-29-19-24/h3,7-9,12-14,17-19,30-31H,2,4-6,10-11,15-16H2,1H3. The Morgan fingerprint density at radius 2 is 2.09 bits per heavy atom. The highest BCUT2D eigenvalue weighted by molar-refractivity contribution is 5.74. The quantitative estimate of drug-likeness (QED) is 0.594. The molecule has 2 aromatic rings. The average Bonchev–Trinajstić information content (AvgIpc) is 3.07. The van der Waals surface area contributed by atoms with Gasteiger partial charge in [0.1, 0.15) is 5.82 Å². The minimum Gasteiger partial charge on any atom is -0.382 e. The highest BCUT2D eigenvalue weighted by Crippen LogP contribution is 2.32. The van der Waals surface area contributed by atoms with E-state index < -0.39 is 0 Å². The van der Waals surface area contributed by atoms with Gasteiger partial charge in [-0.2, -0.15) is 0 Å². The lowest BCUT2D eigenvalue weighted by Gasteiger charge is -2.28. The topological polar surface area (TPSA) is 52.6 Å². The van der Waals surface area contributed by atoms with Crippen molar-refractivity contribution in [2.45, 2.75) is 39.0 Å². The number of nitrogens with zero attached hydrogens (tertiary/aromatic N) is 3. The summed E-state index contributed by atoms with van der Waals surface area (Å²) in [5, 5.41) is 7.15. The number of hydrogen-bond donors (Lipinski definition) is 2. The van der Waals surface area contributed by atoms with Crippen molar-refractivity contribution in [1.82, 2.24) is 10.3 Å². The molecule has 0 unspecified atom stereocenters. The molecule has 1 aromatic carbocycles. The fourth-order valence-corrected chi connectivity index (χ4v) is 4.58. The Kier molecular flexibility index (Phi) is 6.11. The molecular weight excluding hydrogens is 406 g/mol. The molecule has 1 aliphatic carbocycles. The molecule has 0 atom stereocenters. The van der Waals surface area contributed by atoms with Gasteiger partial charge in [-0.1, -0.05) is 36.4 Å². The van der Waals surface area contributed by atoms with Crippen molar-refractivity contribution in [2.24, 2.45) is 4.99 Å². The molecule has 0 radical (unpaired) electrons. The van der Waals surface area contributed by atoms with Crippen molar-refractivity contribution in [1.29, 1.82) is 0 Å². The molecule has 5 rings (SSSR count). The minimum atomic E-state index is 0.867. The fraction of sp³-hybridized carbons (Fsp3) is 0.286. The zero-order valence-electron chi connectivity index (χ0n) is 19.3. The van der Waals surface area contributed by atoms with Crippen molar-refractivity contribution in [3.8, 4) is 11.3 Å². The Balaban J connectivity index is 1.40. The molecule has 5 nitrogen and oxygen atoms in total. The van der Waals surface area contributed by atoms with Crippen LogP contribution in [-0.2, 0) is 0 Å². The third-order valence-corrected chi connectivity index (χ3v) is 6.31. The Hall–Kier alpha value is -3.60. The van der Waals surface area contributed by atoms with E-state index in [0.29, 0.717) is 0 Å². The zero-order chi connectivity index (χ0) is 22.6. The predicted octanol–water partition coefficient (Wildman–Crippen LogP) is 6.09. The first-order valence-electron chi connectivity index (χ1n) is 11.8. The van der Waals surface area contributed by atoms with E-state index in [1.165, 1.54) is 22.4 Å². The number of benzene rings is 1. The van der Waals surface area contributed by atoms with Crippen LogP contribution >= 0.6 is 0 Å². The Morgan fingerprint density at radius 1 is 1.15 bits per heavy atom. The molecule has 168 valence electrons. The van der Waals surface area contributed by atoms with Gasteiger partial charge in [0.25, 0.3) is 0 Å². The molecule has 1 aromatic heterocycles. The van der Waals surface area contributed by atoms with Gasteiger partial charge < -0.3 is 15.5 Å². The summed E-state index contributed by atoms with van der Waals surface area (Å²) in [4.78, 5) is 11.6. The van der Waals surface area contributed by atoms with E-state index in [1.807, 2.05) is 12.4 Å². The summed E-state index contributed by atoms with van der Waals surface area (Å²) in [5.41, 5.74) is 8.19. The van der Waals surface area contributed by atoms with Crippen molar-refractivity contribution < 1.29 is 0 Å². The minimum absolute atomic E-state index is 0.867. The lowest BCUT2D eigenvalue weighted by atomic mass is 9.94. The molecule has 5 heteroatoms. The van der Waals surface area contributed by atoms with E-state index in [9.17, 15) is 0 Å². The highest BCUT2D eigenvalue weighted by Gasteiger charge is 2.21. The van der Waals surface area contributed by atoms with Gasteiger partial charge >= 0.3 is 0 Å². The fourth-order valence-electron chi connectivity index (χ4n) is 4.58. The second kappa shape index (κ2) is 9.49. The monoisotopic (exact) mass is 437 g/mol. The Labute approximate surface area is 196 Å². The van der Waals surface area contributed by atoms with Crippen LogP contribution in [0.3, 0.4) is 0 Å². The lowest BCUT2D eigenvalue weighted by molar-refractivity contribution is 0.751. The third kappa shape index (κ3) is 4.77. The number of aryl methyl sites for hydroxylation is 1. The Bertz CT molecular complexity index is 1180. The van der Waals surface area contributed by atoms with Crippen LogP contribution in [0, 0.1) is 6.92 Å². The number of hydrogen-bond acceptors (Lipinski definition) is 5. The van der Waals surface area contributed by atoms with Crippen LogP contribution in [0.1, 0.15) is 37.7 Å². The van der Waals surface area contributed by atoms with Gasteiger partial charge in [0.05, 0.1) is 11.4 Å². The molecule has 0 spiro atoms. The number of anilines is 2. The normalized spacial score (nSPS) is 17.7. The number of fused-ring (bicyclic) bond motifs is 1. The van der Waals surface area contributed by atoms with Gasteiger partial charge in [0, 0.05) is 36.8 Å². The highest BCUT2D eigenvalue weighted by atomic mass is 15.3. The van der Waals surface area contributed by atoms with Crippen molar-refractivity contribution >= 4 is 17.7 Å². The molecule has 3 aliphatic rings. The number of nitrogens with one attached hydrogen (secondary N) is 2. The van der Waals surface area contributed by atoms with E-state index in [0.717, 1.165) is 73.8 Å². The summed E-state index contributed by atoms with van der Waals surface area (Å²) in [5.74, 6) is 1.80. The number of allylic oxidation sites excluding steroid dienone is 5. The van der Waals surface area contributed by atoms with Crippen LogP contribution in [0.4, 0.5) is 11.5 Å². The van der Waals surface area contributed by atoms with E-state index >= 15 is 0 Å². The zero-order valence-corrected chi connectivity index (χ0v) is 19.3. The largest absolute Gasteiger partial charge is 0.382 e. The van der Waals surface area contributed by atoms with Gasteiger partial charge in [-0.3, -0.25) is 4.99 Å².